The molecule has 1 aromatic rings. The van der Waals surface area contributed by atoms with E-state index in [0.717, 1.165) is 4.47 Å². The van der Waals surface area contributed by atoms with Gasteiger partial charge < -0.3 is 9.47 Å². The van der Waals surface area contributed by atoms with Crippen LogP contribution < -0.4 is 4.74 Å². The molecule has 0 amide bonds. The van der Waals surface area contributed by atoms with E-state index in [9.17, 15) is 4.79 Å². The molecule has 0 aliphatic rings. The van der Waals surface area contributed by atoms with Crippen LogP contribution in [0, 0.1) is 6.07 Å². The third kappa shape index (κ3) is 4.53. The van der Waals surface area contributed by atoms with Crippen molar-refractivity contribution in [2.45, 2.75) is 26.4 Å². The van der Waals surface area contributed by atoms with Gasteiger partial charge in [-0.25, -0.2) is 4.79 Å². The molecule has 0 aliphatic heterocycles. The molecule has 5 heteroatoms. The van der Waals surface area contributed by atoms with Crippen molar-refractivity contribution in [1.29, 1.82) is 0 Å². The molecule has 1 aromatic carbocycles. The Morgan fingerprint density at radius 3 is 2.50 bits per heavy atom. The molecular formula is C11H11Br2O3. The molecular weight excluding hydrogens is 340 g/mol. The van der Waals surface area contributed by atoms with Gasteiger partial charge in [-0.15, -0.1) is 0 Å². The van der Waals surface area contributed by atoms with Gasteiger partial charge in [-0.3, -0.25) is 0 Å². The summed E-state index contributed by atoms with van der Waals surface area (Å²) in [4.78, 5) is 11.4. The third-order valence-electron chi connectivity index (χ3n) is 1.40. The van der Waals surface area contributed by atoms with Gasteiger partial charge in [0, 0.05) is 10.5 Å². The summed E-state index contributed by atoms with van der Waals surface area (Å²) in [5.41, 5.74) is -0.571. The van der Waals surface area contributed by atoms with Crippen molar-refractivity contribution in [2.24, 2.45) is 0 Å². The van der Waals surface area contributed by atoms with Crippen LogP contribution in [0.1, 0.15) is 20.8 Å². The summed E-state index contributed by atoms with van der Waals surface area (Å²) in [5.74, 6) is 0.303. The van der Waals surface area contributed by atoms with Crippen molar-refractivity contribution in [2.75, 3.05) is 0 Å². The summed E-state index contributed by atoms with van der Waals surface area (Å²) in [6.07, 6.45) is -0.744. The average Bonchev–Trinajstić information content (AvgIpc) is 2.06. The standard InChI is InChI=1S/C11H11Br2O3/c1-11(2,3)16-10(14)15-9-5-4-7(12)6-8(9)13/h4,6H,1-3H3. The molecule has 0 heterocycles. The fourth-order valence-corrected chi connectivity index (χ4v) is 1.96. The molecule has 1 rings (SSSR count). The Balaban J connectivity index is 2.70. The molecule has 0 atom stereocenters. The van der Waals surface area contributed by atoms with Crippen LogP contribution >= 0.6 is 31.9 Å². The van der Waals surface area contributed by atoms with Crippen molar-refractivity contribution in [3.63, 3.8) is 0 Å². The first-order valence-electron chi connectivity index (χ1n) is 4.55. The molecule has 16 heavy (non-hydrogen) atoms. The molecule has 3 nitrogen and oxygen atoms in total. The van der Waals surface area contributed by atoms with E-state index < -0.39 is 11.8 Å². The Bertz CT molecular complexity index is 397. The average molecular weight is 351 g/mol. The van der Waals surface area contributed by atoms with Crippen LogP contribution in [0.5, 0.6) is 5.75 Å². The number of ether oxygens (including phenoxy) is 2. The molecule has 0 spiro atoms. The Labute approximate surface area is 111 Å². The van der Waals surface area contributed by atoms with Crippen LogP contribution in [-0.2, 0) is 4.74 Å². The maximum absolute atomic E-state index is 11.4. The van der Waals surface area contributed by atoms with Crippen molar-refractivity contribution < 1.29 is 14.3 Å². The van der Waals surface area contributed by atoms with Crippen LogP contribution in [0.2, 0.25) is 0 Å². The predicted octanol–water partition coefficient (Wildman–Crippen LogP) is 4.33. The fourth-order valence-electron chi connectivity index (χ4n) is 0.864. The minimum Gasteiger partial charge on any atom is -0.428 e. The molecule has 0 bridgehead atoms. The van der Waals surface area contributed by atoms with Gasteiger partial charge >= 0.3 is 6.16 Å². The van der Waals surface area contributed by atoms with Crippen molar-refractivity contribution in [1.82, 2.24) is 0 Å². The highest BCUT2D eigenvalue weighted by Gasteiger charge is 2.18. The summed E-state index contributed by atoms with van der Waals surface area (Å²) in [5, 5.41) is 0. The summed E-state index contributed by atoms with van der Waals surface area (Å²) in [6, 6.07) is 6.22. The Morgan fingerprint density at radius 1 is 1.38 bits per heavy atom. The first kappa shape index (κ1) is 13.5. The minimum absolute atomic E-state index is 0.303. The number of hydrogen-bond acceptors (Lipinski definition) is 3. The van der Waals surface area contributed by atoms with Crippen LogP contribution in [0.3, 0.4) is 0 Å². The van der Waals surface area contributed by atoms with Crippen molar-refractivity contribution >= 4 is 38.0 Å². The van der Waals surface area contributed by atoms with Crippen molar-refractivity contribution in [3.8, 4) is 5.75 Å². The highest BCUT2D eigenvalue weighted by molar-refractivity contribution is 9.11. The van der Waals surface area contributed by atoms with E-state index in [2.05, 4.69) is 37.9 Å². The maximum Gasteiger partial charge on any atom is 0.514 e. The number of carbonyl (C=O) groups is 1. The van der Waals surface area contributed by atoms with E-state index in [1.54, 1.807) is 32.9 Å². The Kier molecular flexibility index (Phi) is 4.38. The van der Waals surface area contributed by atoms with E-state index >= 15 is 0 Å². The Hall–Kier alpha value is -0.550. The summed E-state index contributed by atoms with van der Waals surface area (Å²) < 4.78 is 11.5. The van der Waals surface area contributed by atoms with Crippen LogP contribution in [-0.4, -0.2) is 11.8 Å². The number of hydrogen-bond donors (Lipinski definition) is 0. The summed E-state index contributed by atoms with van der Waals surface area (Å²) >= 11 is 6.54. The topological polar surface area (TPSA) is 35.5 Å². The quantitative estimate of drug-likeness (QED) is 0.558. The minimum atomic E-state index is -0.744. The van der Waals surface area contributed by atoms with E-state index in [1.807, 2.05) is 0 Å². The lowest BCUT2D eigenvalue weighted by Gasteiger charge is -2.18. The van der Waals surface area contributed by atoms with Crippen LogP contribution in [0.25, 0.3) is 0 Å². The number of halogens is 2. The van der Waals surface area contributed by atoms with E-state index in [4.69, 9.17) is 9.47 Å². The summed E-state index contributed by atoms with van der Waals surface area (Å²) in [7, 11) is 0. The van der Waals surface area contributed by atoms with Crippen LogP contribution in [0.4, 0.5) is 4.79 Å². The number of carbonyl (C=O) groups excluding carboxylic acids is 1. The van der Waals surface area contributed by atoms with Gasteiger partial charge in [-0.05, 0) is 48.8 Å². The second-order valence-electron chi connectivity index (χ2n) is 4.06. The molecule has 87 valence electrons. The van der Waals surface area contributed by atoms with E-state index in [-0.39, 0.29) is 0 Å². The normalized spacial score (nSPS) is 11.1. The van der Waals surface area contributed by atoms with E-state index in [1.165, 1.54) is 0 Å². The molecule has 0 saturated heterocycles. The largest absolute Gasteiger partial charge is 0.514 e. The lowest BCUT2D eigenvalue weighted by molar-refractivity contribution is 0.0204. The second kappa shape index (κ2) is 5.19. The third-order valence-corrected chi connectivity index (χ3v) is 2.44. The highest BCUT2D eigenvalue weighted by atomic mass is 79.9. The Morgan fingerprint density at radius 2 is 2.00 bits per heavy atom. The monoisotopic (exact) mass is 349 g/mol. The highest BCUT2D eigenvalue weighted by Crippen LogP contribution is 2.28. The van der Waals surface area contributed by atoms with Gasteiger partial charge in [0.2, 0.25) is 0 Å². The molecule has 0 fully saturated rings. The molecule has 0 N–H and O–H groups in total. The molecule has 1 radical (unpaired) electrons. The molecule has 0 saturated carbocycles. The van der Waals surface area contributed by atoms with Gasteiger partial charge in [-0.2, -0.15) is 0 Å². The van der Waals surface area contributed by atoms with Gasteiger partial charge in [0.05, 0.1) is 4.47 Å². The first-order chi connectivity index (χ1) is 7.28. The molecule has 0 aliphatic carbocycles. The maximum atomic E-state index is 11.4. The second-order valence-corrected chi connectivity index (χ2v) is 5.83. The lowest BCUT2D eigenvalue weighted by atomic mass is 10.2. The lowest BCUT2D eigenvalue weighted by Crippen LogP contribution is -2.26. The van der Waals surface area contributed by atoms with Gasteiger partial charge in [-0.1, -0.05) is 15.9 Å². The fraction of sp³-hybridized carbons (Fsp3) is 0.364. The van der Waals surface area contributed by atoms with Gasteiger partial charge in [0.25, 0.3) is 0 Å². The van der Waals surface area contributed by atoms with E-state index in [0.29, 0.717) is 10.2 Å². The zero-order chi connectivity index (χ0) is 12.3. The van der Waals surface area contributed by atoms with Crippen LogP contribution in [0.15, 0.2) is 21.1 Å². The SMILES string of the molecule is CC(C)(C)OC(=O)Oc1[c]cc(Br)cc1Br. The zero-order valence-corrected chi connectivity index (χ0v) is 12.3. The van der Waals surface area contributed by atoms with Gasteiger partial charge in [0.15, 0.2) is 5.75 Å². The number of benzene rings is 1. The predicted molar refractivity (Wildman–Crippen MR) is 67.5 cm³/mol. The zero-order valence-electron chi connectivity index (χ0n) is 9.14. The number of rotatable bonds is 1. The van der Waals surface area contributed by atoms with Gasteiger partial charge in [0.1, 0.15) is 5.60 Å². The van der Waals surface area contributed by atoms with Crippen molar-refractivity contribution in [3.05, 3.63) is 27.1 Å². The smallest absolute Gasteiger partial charge is 0.428 e. The summed E-state index contributed by atoms with van der Waals surface area (Å²) in [6.45, 7) is 5.32. The molecule has 0 unspecified atom stereocenters. The first-order valence-corrected chi connectivity index (χ1v) is 6.14. The molecule has 0 aromatic heterocycles.